The normalized spacial score (nSPS) is 23.6. The van der Waals surface area contributed by atoms with Gasteiger partial charge in [0.2, 0.25) is 5.91 Å². The number of aliphatic hydroxyl groups is 8. The first kappa shape index (κ1) is 79.6. The molecule has 2 heterocycles. The van der Waals surface area contributed by atoms with E-state index in [0.717, 1.165) is 38.5 Å². The monoisotopic (exact) mass is 1210 g/mol. The maximum Gasteiger partial charge on any atom is 0.220 e. The van der Waals surface area contributed by atoms with Crippen LogP contribution in [0, 0.1) is 0 Å². The van der Waals surface area contributed by atoms with Crippen molar-refractivity contribution in [3.8, 4) is 0 Å². The molecule has 9 N–H and O–H groups in total. The summed E-state index contributed by atoms with van der Waals surface area (Å²) in [4.78, 5) is 13.3. The summed E-state index contributed by atoms with van der Waals surface area (Å²) >= 11 is 0. The van der Waals surface area contributed by atoms with Crippen molar-refractivity contribution >= 4 is 5.91 Å². The van der Waals surface area contributed by atoms with E-state index in [0.29, 0.717) is 6.42 Å². The molecule has 0 aromatic heterocycles. The van der Waals surface area contributed by atoms with Crippen LogP contribution in [0.15, 0.2) is 24.3 Å². The summed E-state index contributed by atoms with van der Waals surface area (Å²) in [7, 11) is 0. The van der Waals surface area contributed by atoms with Crippen LogP contribution in [0.3, 0.4) is 0 Å². The van der Waals surface area contributed by atoms with E-state index in [1.165, 1.54) is 263 Å². The highest BCUT2D eigenvalue weighted by Crippen LogP contribution is 2.30. The first-order valence-corrected chi connectivity index (χ1v) is 36.1. The Morgan fingerprint density at radius 2 is 0.741 bits per heavy atom. The maximum atomic E-state index is 13.3. The third kappa shape index (κ3) is 40.8. The van der Waals surface area contributed by atoms with Crippen molar-refractivity contribution < 1.29 is 64.6 Å². The highest BCUT2D eigenvalue weighted by molar-refractivity contribution is 5.76. The van der Waals surface area contributed by atoms with Crippen LogP contribution in [0.4, 0.5) is 0 Å². The Balaban J connectivity index is 1.59. The molecule has 0 aromatic carbocycles. The zero-order valence-corrected chi connectivity index (χ0v) is 54.6. The van der Waals surface area contributed by atoms with Crippen molar-refractivity contribution in [3.63, 3.8) is 0 Å². The number of carbonyl (C=O) groups is 1. The number of amides is 1. The minimum atomic E-state index is -1.79. The number of aliphatic hydroxyl groups excluding tert-OH is 8. The second kappa shape index (κ2) is 56.5. The van der Waals surface area contributed by atoms with E-state index < -0.39 is 86.8 Å². The van der Waals surface area contributed by atoms with E-state index in [2.05, 4.69) is 31.3 Å². The SMILES string of the molecule is CCCCCCCCCC/C=C\CCCCCCCCCCCCCCCCCCCCCCCCCC(=O)NC(COC1OC(CO)C(OC2OC(CO)C(O)C(O)C2O)C(O)C1O)C(O)/C=C/CCCCCCCCCCCCCCCC. The Morgan fingerprint density at radius 3 is 1.12 bits per heavy atom. The van der Waals surface area contributed by atoms with Gasteiger partial charge < -0.3 is 65.1 Å². The van der Waals surface area contributed by atoms with Crippen LogP contribution in [0.2, 0.25) is 0 Å². The largest absolute Gasteiger partial charge is 0.394 e. The number of hydrogen-bond acceptors (Lipinski definition) is 13. The number of nitrogens with one attached hydrogen (secondary N) is 1. The predicted octanol–water partition coefficient (Wildman–Crippen LogP) is 14.7. The van der Waals surface area contributed by atoms with Gasteiger partial charge in [-0.05, 0) is 44.9 Å². The van der Waals surface area contributed by atoms with Crippen molar-refractivity contribution in [2.45, 2.75) is 402 Å². The van der Waals surface area contributed by atoms with Gasteiger partial charge in [0.05, 0.1) is 32.0 Å². The molecule has 0 aromatic rings. The summed E-state index contributed by atoms with van der Waals surface area (Å²) in [5.74, 6) is -0.232. The summed E-state index contributed by atoms with van der Waals surface area (Å²) in [5.41, 5.74) is 0. The molecule has 12 atom stereocenters. The Hall–Kier alpha value is -1.53. The minimum Gasteiger partial charge on any atom is -0.394 e. The summed E-state index contributed by atoms with van der Waals surface area (Å²) in [5, 5.41) is 87.3. The highest BCUT2D eigenvalue weighted by Gasteiger charge is 2.51. The number of rotatable bonds is 60. The van der Waals surface area contributed by atoms with Crippen molar-refractivity contribution in [1.29, 1.82) is 0 Å². The van der Waals surface area contributed by atoms with Crippen LogP contribution in [-0.4, -0.2) is 140 Å². The van der Waals surface area contributed by atoms with Crippen molar-refractivity contribution in [3.05, 3.63) is 24.3 Å². The molecule has 14 heteroatoms. The molecular formula is C71H135NO13. The smallest absolute Gasteiger partial charge is 0.220 e. The molecule has 2 rings (SSSR count). The Labute approximate surface area is 519 Å². The lowest BCUT2D eigenvalue weighted by atomic mass is 9.97. The second-order valence-electron chi connectivity index (χ2n) is 25.7. The molecule has 0 aliphatic carbocycles. The molecule has 12 unspecified atom stereocenters. The lowest BCUT2D eigenvalue weighted by Crippen LogP contribution is -2.65. The molecule has 85 heavy (non-hydrogen) atoms. The fourth-order valence-corrected chi connectivity index (χ4v) is 12.1. The lowest BCUT2D eigenvalue weighted by Gasteiger charge is -2.46. The number of ether oxygens (including phenoxy) is 4. The van der Waals surface area contributed by atoms with E-state index in [1.807, 2.05) is 6.08 Å². The Morgan fingerprint density at radius 1 is 0.412 bits per heavy atom. The van der Waals surface area contributed by atoms with Crippen LogP contribution in [0.1, 0.15) is 328 Å². The average Bonchev–Trinajstić information content (AvgIpc) is 3.70. The Bertz CT molecular complexity index is 1520. The van der Waals surface area contributed by atoms with Crippen molar-refractivity contribution in [2.75, 3.05) is 19.8 Å². The zero-order chi connectivity index (χ0) is 61.6. The summed E-state index contributed by atoms with van der Waals surface area (Å²) in [6.45, 7) is 2.84. The van der Waals surface area contributed by atoms with E-state index in [4.69, 9.17) is 18.9 Å². The van der Waals surface area contributed by atoms with Crippen LogP contribution >= 0.6 is 0 Å². The number of allylic oxidation sites excluding steroid dienone is 3. The average molecular weight is 1210 g/mol. The van der Waals surface area contributed by atoms with Gasteiger partial charge in [-0.15, -0.1) is 0 Å². The van der Waals surface area contributed by atoms with Crippen LogP contribution in [-0.2, 0) is 23.7 Å². The third-order valence-electron chi connectivity index (χ3n) is 17.9. The summed E-state index contributed by atoms with van der Waals surface area (Å²) < 4.78 is 22.8. The fourth-order valence-electron chi connectivity index (χ4n) is 12.1. The molecule has 2 saturated heterocycles. The predicted molar refractivity (Wildman–Crippen MR) is 346 cm³/mol. The van der Waals surface area contributed by atoms with Gasteiger partial charge in [0.15, 0.2) is 12.6 Å². The summed E-state index contributed by atoms with van der Waals surface area (Å²) in [6.07, 6.45) is 54.0. The second-order valence-corrected chi connectivity index (χ2v) is 25.7. The molecule has 0 spiro atoms. The van der Waals surface area contributed by atoms with Gasteiger partial charge in [-0.2, -0.15) is 0 Å². The van der Waals surface area contributed by atoms with E-state index in [9.17, 15) is 45.6 Å². The molecule has 502 valence electrons. The van der Waals surface area contributed by atoms with Crippen molar-refractivity contribution in [2.24, 2.45) is 0 Å². The van der Waals surface area contributed by atoms with Gasteiger partial charge in [0.25, 0.3) is 0 Å². The molecule has 1 amide bonds. The first-order valence-electron chi connectivity index (χ1n) is 36.1. The molecule has 2 fully saturated rings. The molecule has 0 bridgehead atoms. The topological polar surface area (TPSA) is 228 Å². The van der Waals surface area contributed by atoms with E-state index in [1.54, 1.807) is 6.08 Å². The quantitative estimate of drug-likeness (QED) is 0.0204. The van der Waals surface area contributed by atoms with Crippen LogP contribution < -0.4 is 5.32 Å². The van der Waals surface area contributed by atoms with Crippen molar-refractivity contribution in [1.82, 2.24) is 5.32 Å². The fraction of sp³-hybridized carbons (Fsp3) is 0.930. The minimum absolute atomic E-state index is 0.232. The summed E-state index contributed by atoms with van der Waals surface area (Å²) in [6, 6.07) is -0.912. The van der Waals surface area contributed by atoms with Gasteiger partial charge in [-0.3, -0.25) is 4.79 Å². The molecule has 0 saturated carbocycles. The van der Waals surface area contributed by atoms with Gasteiger partial charge in [0, 0.05) is 6.42 Å². The maximum absolute atomic E-state index is 13.3. The molecule has 0 radical (unpaired) electrons. The Kier molecular flexibility index (Phi) is 52.8. The third-order valence-corrected chi connectivity index (χ3v) is 17.9. The molecule has 2 aliphatic heterocycles. The van der Waals surface area contributed by atoms with Gasteiger partial charge in [-0.25, -0.2) is 0 Å². The van der Waals surface area contributed by atoms with Gasteiger partial charge in [0.1, 0.15) is 48.8 Å². The number of hydrogen-bond donors (Lipinski definition) is 9. The van der Waals surface area contributed by atoms with E-state index >= 15 is 0 Å². The lowest BCUT2D eigenvalue weighted by molar-refractivity contribution is -0.359. The number of unbranched alkanes of at least 4 members (excludes halogenated alkanes) is 45. The van der Waals surface area contributed by atoms with Gasteiger partial charge in [-0.1, -0.05) is 301 Å². The van der Waals surface area contributed by atoms with Crippen LogP contribution in [0.25, 0.3) is 0 Å². The van der Waals surface area contributed by atoms with E-state index in [-0.39, 0.29) is 18.9 Å². The molecule has 2 aliphatic rings. The molecular weight excluding hydrogens is 1070 g/mol. The highest BCUT2D eigenvalue weighted by atomic mass is 16.7. The van der Waals surface area contributed by atoms with Crippen LogP contribution in [0.5, 0.6) is 0 Å². The zero-order valence-electron chi connectivity index (χ0n) is 54.6. The standard InChI is InChI=1S/C71H135NO13/c1-3-5-7-9-11-13-15-17-19-21-22-23-24-25-26-27-28-29-30-31-32-33-34-35-36-37-38-39-41-43-45-47-49-51-53-55-63(76)72-59(60(75)54-52-50-48-46-44-42-40-20-18-16-14-12-10-8-6-4-2)58-82-70-68(81)66(79)69(62(57-74)84-70)85-71-67(80)65(78)64(77)61(56-73)83-71/h21-22,52,54,59-62,64-71,73-75,77-81H,3-20,23-51,53,55-58H2,1-2H3,(H,72,76)/b22-21-,54-52+. The number of carbonyl (C=O) groups excluding carboxylic acids is 1. The molecule has 14 nitrogen and oxygen atoms in total. The first-order chi connectivity index (χ1) is 41.6. The van der Waals surface area contributed by atoms with Gasteiger partial charge >= 0.3 is 0 Å².